The van der Waals surface area contributed by atoms with Gasteiger partial charge in [0.25, 0.3) is 0 Å². The first-order chi connectivity index (χ1) is 12.6. The Morgan fingerprint density at radius 3 is 2.31 bits per heavy atom. The van der Waals surface area contributed by atoms with Crippen molar-refractivity contribution < 1.29 is 20.4 Å². The van der Waals surface area contributed by atoms with Crippen molar-refractivity contribution in [3.8, 4) is 0 Å². The van der Waals surface area contributed by atoms with Gasteiger partial charge in [0, 0.05) is 0 Å². The van der Waals surface area contributed by atoms with Crippen LogP contribution in [0.1, 0.15) is 22.8 Å². The molecule has 0 atom stereocenters. The summed E-state index contributed by atoms with van der Waals surface area (Å²) in [6.07, 6.45) is 5.35. The van der Waals surface area contributed by atoms with E-state index in [0.29, 0.717) is 11.4 Å². The Kier molecular flexibility index (Phi) is 3.42. The van der Waals surface area contributed by atoms with Gasteiger partial charge in [-0.15, -0.1) is 0 Å². The first-order valence-electron chi connectivity index (χ1n) is 8.05. The van der Waals surface area contributed by atoms with Gasteiger partial charge in [-0.3, -0.25) is 0 Å². The van der Waals surface area contributed by atoms with Gasteiger partial charge >= 0.3 is 156 Å². The molecule has 127 valence electrons. The van der Waals surface area contributed by atoms with Crippen LogP contribution >= 0.6 is 0 Å². The van der Waals surface area contributed by atoms with Crippen molar-refractivity contribution in [1.29, 1.82) is 0 Å². The van der Waals surface area contributed by atoms with Crippen molar-refractivity contribution in [2.45, 2.75) is 0 Å². The van der Waals surface area contributed by atoms with Crippen LogP contribution in [0.25, 0.3) is 46.1 Å². The molecule has 0 saturated carbocycles. The number of rotatable bonds is 0. The summed E-state index contributed by atoms with van der Waals surface area (Å²) < 4.78 is 15.1. The summed E-state index contributed by atoms with van der Waals surface area (Å²) in [6.45, 7) is 0. The second-order valence-electron chi connectivity index (χ2n) is 6.13. The molecule has 0 amide bonds. The molecule has 2 aliphatic heterocycles. The molecule has 0 saturated heterocycles. The summed E-state index contributed by atoms with van der Waals surface area (Å²) in [5, 5.41) is 0. The van der Waals surface area contributed by atoms with Gasteiger partial charge in [-0.05, 0) is 0 Å². The fourth-order valence-corrected chi connectivity index (χ4v) is 3.33. The third kappa shape index (κ3) is 2.79. The van der Waals surface area contributed by atoms with E-state index in [-0.39, 0.29) is 5.83 Å². The zero-order valence-corrected chi connectivity index (χ0v) is 14.5. The van der Waals surface area contributed by atoms with Crippen LogP contribution in [0.15, 0.2) is 42.5 Å². The fraction of sp³-hybridized carbons (Fsp3) is 0. The Bertz CT molecular complexity index is 1260. The van der Waals surface area contributed by atoms with Gasteiger partial charge in [0.2, 0.25) is 0 Å². The number of hydrogen-bond acceptors (Lipinski definition) is 2. The van der Waals surface area contributed by atoms with Crippen LogP contribution in [-0.2, 0) is 16.0 Å². The molecule has 3 aromatic rings. The summed E-state index contributed by atoms with van der Waals surface area (Å²) in [4.78, 5) is 15.5. The normalized spacial score (nSPS) is 13.1. The molecule has 0 aliphatic carbocycles. The number of nitrogens with zero attached hydrogens (tertiary/aromatic N) is 2. The zero-order valence-electron chi connectivity index (χ0n) is 13.4. The van der Waals surface area contributed by atoms with Crippen LogP contribution in [-0.4, -0.2) is 19.9 Å². The van der Waals surface area contributed by atoms with E-state index >= 15 is 0 Å². The Labute approximate surface area is 156 Å². The molecule has 0 aromatic carbocycles. The zero-order chi connectivity index (χ0) is 17.7. The summed E-state index contributed by atoms with van der Waals surface area (Å²) in [5.74, 6) is -0.355. The second kappa shape index (κ2) is 5.80. The molecule has 0 spiro atoms. The molecule has 26 heavy (non-hydrogen) atoms. The van der Waals surface area contributed by atoms with Crippen molar-refractivity contribution in [3.63, 3.8) is 0 Å². The molecule has 8 bridgehead atoms. The van der Waals surface area contributed by atoms with E-state index < -0.39 is 0 Å². The second-order valence-corrected chi connectivity index (χ2v) is 6.72. The van der Waals surface area contributed by atoms with Gasteiger partial charge in [-0.1, -0.05) is 0 Å². The van der Waals surface area contributed by atoms with Gasteiger partial charge in [0.1, 0.15) is 0 Å². The van der Waals surface area contributed by atoms with Crippen LogP contribution < -0.4 is 4.46 Å². The van der Waals surface area contributed by atoms with Gasteiger partial charge < -0.3 is 0 Å². The average molecular weight is 383 g/mol. The Balaban J connectivity index is 1.88. The maximum atomic E-state index is 14.3. The SMILES string of the molecule is FC1=Cc2cc3ccc(cc4nc(cc5[nH]c(cc1n2)c[c]5[Fe])C=C4)[nH]3. The molecule has 5 rings (SSSR count). The summed E-state index contributed by atoms with van der Waals surface area (Å²) >= 11 is 4.04. The number of aromatic nitrogens is 4. The van der Waals surface area contributed by atoms with E-state index in [1.165, 1.54) is 6.08 Å². The van der Waals surface area contributed by atoms with Gasteiger partial charge in [-0.2, -0.15) is 0 Å². The van der Waals surface area contributed by atoms with E-state index in [1.54, 1.807) is 6.07 Å². The predicted octanol–water partition coefficient (Wildman–Crippen LogP) is 4.12. The van der Waals surface area contributed by atoms with E-state index in [1.807, 2.05) is 48.6 Å². The van der Waals surface area contributed by atoms with Crippen LogP contribution in [0.3, 0.4) is 0 Å². The minimum atomic E-state index is -0.355. The minimum absolute atomic E-state index is 0.295. The molecule has 2 aliphatic rings. The van der Waals surface area contributed by atoms with Crippen LogP contribution in [0.5, 0.6) is 0 Å². The molecule has 4 nitrogen and oxygen atoms in total. The first kappa shape index (κ1) is 15.3. The summed E-state index contributed by atoms with van der Waals surface area (Å²) in [6, 6.07) is 13.1. The van der Waals surface area contributed by atoms with Gasteiger partial charge in [0.15, 0.2) is 0 Å². The van der Waals surface area contributed by atoms with Gasteiger partial charge in [-0.25, -0.2) is 0 Å². The number of nitrogens with one attached hydrogen (secondary N) is 2. The van der Waals surface area contributed by atoms with E-state index in [2.05, 4.69) is 35.9 Å². The number of H-pyrrole nitrogens is 2. The first-order valence-corrected chi connectivity index (χ1v) is 8.60. The Morgan fingerprint density at radius 2 is 1.50 bits per heavy atom. The molecule has 6 heteroatoms. The van der Waals surface area contributed by atoms with Gasteiger partial charge in [0.05, 0.1) is 0 Å². The fourth-order valence-electron chi connectivity index (χ4n) is 3.01. The number of aromatic amines is 2. The maximum absolute atomic E-state index is 14.3. The van der Waals surface area contributed by atoms with Crippen molar-refractivity contribution in [2.24, 2.45) is 0 Å². The van der Waals surface area contributed by atoms with Crippen LogP contribution in [0.2, 0.25) is 0 Å². The molecule has 0 radical (unpaired) electrons. The predicted molar refractivity (Wildman–Crippen MR) is 98.5 cm³/mol. The molecular formula is C20H12FFeN4. The van der Waals surface area contributed by atoms with Crippen molar-refractivity contribution in [2.75, 3.05) is 0 Å². The molecule has 3 aromatic heterocycles. The number of hydrogen-bond donors (Lipinski definition) is 2. The van der Waals surface area contributed by atoms with E-state index in [4.69, 9.17) is 0 Å². The summed E-state index contributed by atoms with van der Waals surface area (Å²) in [5.41, 5.74) is 5.92. The standard InChI is InChI=1S/C20H12FN4.Fe/c21-19-10-18-9-16-4-3-14(23-16)7-12-1-2-13(22-12)8-15-5-6-17(24-15)11-20(19)25-18;/h1-4,6-11,23-24H;. The molecule has 2 N–H and O–H groups in total. The van der Waals surface area contributed by atoms with Crippen molar-refractivity contribution >= 4 is 50.6 Å². The number of fused-ring (bicyclic) bond motifs is 8. The molecular weight excluding hydrogens is 371 g/mol. The van der Waals surface area contributed by atoms with E-state index in [9.17, 15) is 4.39 Å². The van der Waals surface area contributed by atoms with Crippen molar-refractivity contribution in [1.82, 2.24) is 19.9 Å². The third-order valence-electron chi connectivity index (χ3n) is 4.18. The third-order valence-corrected chi connectivity index (χ3v) is 4.64. The quantitative estimate of drug-likeness (QED) is 0.449. The average Bonchev–Trinajstić information content (AvgIpc) is 3.34. The monoisotopic (exact) mass is 383 g/mol. The number of halogens is 1. The Hall–Kier alpha value is -2.95. The topological polar surface area (TPSA) is 57.4 Å². The molecule has 0 unspecified atom stereocenters. The van der Waals surface area contributed by atoms with Crippen LogP contribution in [0.4, 0.5) is 4.39 Å². The van der Waals surface area contributed by atoms with Crippen LogP contribution in [0, 0.1) is 0 Å². The molecule has 0 fully saturated rings. The Morgan fingerprint density at radius 1 is 0.769 bits per heavy atom. The summed E-state index contributed by atoms with van der Waals surface area (Å²) in [7, 11) is 0. The van der Waals surface area contributed by atoms with E-state index in [0.717, 1.165) is 37.9 Å². The molecule has 5 heterocycles. The van der Waals surface area contributed by atoms with Crippen molar-refractivity contribution in [3.05, 3.63) is 65.2 Å².